The zero-order valence-electron chi connectivity index (χ0n) is 31.5. The number of nitrogens with two attached hydrogens (primary N) is 1. The van der Waals surface area contributed by atoms with E-state index in [0.29, 0.717) is 24.1 Å². The molecule has 2 saturated heterocycles. The zero-order chi connectivity index (χ0) is 42.0. The molecule has 8 rings (SSSR count). The van der Waals surface area contributed by atoms with Gasteiger partial charge in [-0.3, -0.25) is 29.4 Å². The molecule has 3 amide bonds. The van der Waals surface area contributed by atoms with E-state index in [1.165, 1.54) is 30.0 Å². The number of nitro benzene ring substituents is 1. The molecule has 17 heteroatoms. The number of benzene rings is 4. The van der Waals surface area contributed by atoms with Gasteiger partial charge in [-0.1, -0.05) is 108 Å². The van der Waals surface area contributed by atoms with Gasteiger partial charge in [0.1, 0.15) is 22.8 Å². The van der Waals surface area contributed by atoms with Gasteiger partial charge in [0.2, 0.25) is 11.5 Å². The number of rotatable bonds is 13. The number of nitrogens with zero attached hydrogens (tertiary/aromatic N) is 5. The van der Waals surface area contributed by atoms with Gasteiger partial charge in [-0.25, -0.2) is 9.78 Å². The third-order valence-electron chi connectivity index (χ3n) is 10.4. The lowest BCUT2D eigenvalue weighted by molar-refractivity contribution is -0.384. The number of thioether (sulfide) groups is 1. The predicted molar refractivity (Wildman–Crippen MR) is 224 cm³/mol. The number of hydrogen-bond acceptors (Lipinski definition) is 12. The molecule has 2 fully saturated rings. The van der Waals surface area contributed by atoms with Crippen LogP contribution in [0, 0.1) is 10.1 Å². The number of fused-ring (bicyclic) bond motifs is 1. The molecule has 3 aliphatic rings. The van der Waals surface area contributed by atoms with Crippen LogP contribution in [-0.2, 0) is 36.2 Å². The van der Waals surface area contributed by atoms with E-state index in [-0.39, 0.29) is 51.7 Å². The number of hydrogen-bond donors (Lipinski definition) is 3. The van der Waals surface area contributed by atoms with E-state index in [1.54, 1.807) is 22.4 Å². The lowest BCUT2D eigenvalue weighted by Gasteiger charge is -2.49. The maximum absolute atomic E-state index is 14.3. The summed E-state index contributed by atoms with van der Waals surface area (Å²) in [5.74, 6) is -2.96. The van der Waals surface area contributed by atoms with E-state index in [4.69, 9.17) is 10.6 Å². The highest BCUT2D eigenvalue weighted by atomic mass is 32.2. The molecule has 0 spiro atoms. The number of carbonyl (C=O) groups is 4. The van der Waals surface area contributed by atoms with Crippen LogP contribution in [-0.4, -0.2) is 77.9 Å². The van der Waals surface area contributed by atoms with Crippen LogP contribution in [0.2, 0.25) is 0 Å². The number of anilines is 1. The lowest BCUT2D eigenvalue weighted by Crippen LogP contribution is -2.71. The second-order valence-electron chi connectivity index (χ2n) is 14.0. The molecule has 0 aliphatic carbocycles. The predicted octanol–water partition coefficient (Wildman–Crippen LogP) is 5.44. The number of carbonyl (C=O) groups excluding carboxylic acids is 3. The Morgan fingerprint density at radius 2 is 1.57 bits per heavy atom. The number of β-lactam (4-membered cyclic amide) rings is 1. The Kier molecular flexibility index (Phi) is 11.0. The van der Waals surface area contributed by atoms with Gasteiger partial charge in [0.05, 0.1) is 4.92 Å². The summed E-state index contributed by atoms with van der Waals surface area (Å²) in [6.07, 6.45) is 1.87. The number of carboxylic acid groups (broad SMARTS) is 1. The third-order valence-corrected chi connectivity index (χ3v) is 12.3. The Morgan fingerprint density at radius 3 is 2.10 bits per heavy atom. The van der Waals surface area contributed by atoms with E-state index < -0.39 is 39.7 Å². The van der Waals surface area contributed by atoms with Gasteiger partial charge in [-0.15, -0.1) is 23.1 Å². The number of likely N-dealkylation sites (tertiary alicyclic amines) is 1. The van der Waals surface area contributed by atoms with E-state index >= 15 is 0 Å². The maximum atomic E-state index is 14.3. The minimum atomic E-state index is -1.36. The summed E-state index contributed by atoms with van der Waals surface area (Å²) in [5.41, 5.74) is 7.74. The van der Waals surface area contributed by atoms with Crippen molar-refractivity contribution in [1.82, 2.24) is 20.1 Å². The standard InChI is InChI=1S/C43H35N7O8S2/c44-42-45-33(25-60-42)34(47-58-43(29-10-4-1-5-11-29,30-12-6-2-7-13-30)31-14-8-3-9-15-31)37(51)46-35-39(53)49-36(41(54)55)28(24-59-40(35)49)22-27-20-21-48(38(27)52)23-26-16-18-32(19-17-26)50(56)57/h1-19,22,25,35,40H,20-21,23-24H2,(H2,44,45)(H,46,51)(H,54,55)/b27-22+,47-34-/t35-,40-/m1/s1. The molecule has 0 radical (unpaired) electrons. The molecule has 0 bridgehead atoms. The van der Waals surface area contributed by atoms with E-state index in [1.807, 2.05) is 91.0 Å². The molecular weight excluding hydrogens is 807 g/mol. The van der Waals surface area contributed by atoms with Gasteiger partial charge in [0.25, 0.3) is 17.5 Å². The minimum absolute atomic E-state index is 0.0597. The van der Waals surface area contributed by atoms with Crippen LogP contribution in [0.25, 0.3) is 0 Å². The normalized spacial score (nSPS) is 18.6. The first-order valence-electron chi connectivity index (χ1n) is 18.6. The van der Waals surface area contributed by atoms with Crippen LogP contribution in [0.15, 0.2) is 149 Å². The van der Waals surface area contributed by atoms with Crippen molar-refractivity contribution in [2.24, 2.45) is 5.16 Å². The number of aliphatic carboxylic acids is 1. The first-order chi connectivity index (χ1) is 29.0. The molecular formula is C43H35N7O8S2. The van der Waals surface area contributed by atoms with Gasteiger partial charge < -0.3 is 25.9 Å². The molecule has 0 unspecified atom stereocenters. The second kappa shape index (κ2) is 16.6. The summed E-state index contributed by atoms with van der Waals surface area (Å²) in [4.78, 5) is 78.3. The number of non-ortho nitro benzene ring substituents is 1. The smallest absolute Gasteiger partial charge is 0.352 e. The van der Waals surface area contributed by atoms with Crippen molar-refractivity contribution in [3.05, 3.63) is 182 Å². The van der Waals surface area contributed by atoms with Crippen LogP contribution < -0.4 is 11.1 Å². The van der Waals surface area contributed by atoms with Crippen LogP contribution in [0.3, 0.4) is 0 Å². The molecule has 5 aromatic rings. The zero-order valence-corrected chi connectivity index (χ0v) is 33.2. The van der Waals surface area contributed by atoms with Crippen LogP contribution in [0.4, 0.5) is 10.8 Å². The fourth-order valence-corrected chi connectivity index (χ4v) is 9.31. The van der Waals surface area contributed by atoms with Crippen molar-refractivity contribution in [1.29, 1.82) is 0 Å². The average Bonchev–Trinajstić information content (AvgIpc) is 3.85. The number of nitrogens with one attached hydrogen (secondary N) is 1. The highest BCUT2D eigenvalue weighted by molar-refractivity contribution is 8.00. The lowest BCUT2D eigenvalue weighted by atomic mass is 9.80. The minimum Gasteiger partial charge on any atom is -0.477 e. The van der Waals surface area contributed by atoms with Gasteiger partial charge in [0.15, 0.2) is 10.8 Å². The first kappa shape index (κ1) is 39.7. The Hall–Kier alpha value is -7.11. The number of allylic oxidation sites excluding steroid dienone is 1. The number of thiazole rings is 1. The fourth-order valence-electron chi connectivity index (χ4n) is 7.46. The van der Waals surface area contributed by atoms with E-state index in [2.05, 4.69) is 15.5 Å². The summed E-state index contributed by atoms with van der Waals surface area (Å²) in [7, 11) is 0. The molecule has 60 heavy (non-hydrogen) atoms. The van der Waals surface area contributed by atoms with Crippen molar-refractivity contribution >= 4 is 63.3 Å². The molecule has 4 N–H and O–H groups in total. The highest BCUT2D eigenvalue weighted by Gasteiger charge is 2.54. The monoisotopic (exact) mass is 841 g/mol. The Bertz CT molecular complexity index is 2480. The number of nitrogen functional groups attached to an aromatic ring is 1. The van der Waals surface area contributed by atoms with Crippen molar-refractivity contribution in [3.8, 4) is 0 Å². The largest absolute Gasteiger partial charge is 0.477 e. The summed E-state index contributed by atoms with van der Waals surface area (Å²) < 4.78 is 0. The van der Waals surface area contributed by atoms with Crippen LogP contribution in [0.1, 0.15) is 34.4 Å². The van der Waals surface area contributed by atoms with Crippen molar-refractivity contribution in [2.75, 3.05) is 18.0 Å². The Morgan fingerprint density at radius 1 is 0.967 bits per heavy atom. The number of amides is 3. The molecule has 3 aliphatic heterocycles. The van der Waals surface area contributed by atoms with Crippen molar-refractivity contribution in [3.63, 3.8) is 0 Å². The SMILES string of the molecule is Nc1nc(/C(=N/OC(c2ccccc2)(c2ccccc2)c2ccccc2)C(=O)N[C@@H]2C(=O)N3C(C(=O)O)=C(/C=C4\CCN(Cc5ccc([N+](=O)[O-])cc5)C4=O)CS[C@H]23)cs1. The summed E-state index contributed by atoms with van der Waals surface area (Å²) in [5, 5.41) is 29.6. The van der Waals surface area contributed by atoms with Crippen LogP contribution >= 0.6 is 23.1 Å². The number of aromatic nitrogens is 1. The molecule has 302 valence electrons. The summed E-state index contributed by atoms with van der Waals surface area (Å²) in [6, 6.07) is 33.1. The fraction of sp³-hybridized carbons (Fsp3) is 0.163. The van der Waals surface area contributed by atoms with Crippen molar-refractivity contribution < 1.29 is 34.0 Å². The van der Waals surface area contributed by atoms with Gasteiger partial charge >= 0.3 is 5.97 Å². The Balaban J connectivity index is 1.06. The van der Waals surface area contributed by atoms with Gasteiger partial charge in [0, 0.05) is 58.6 Å². The van der Waals surface area contributed by atoms with Crippen molar-refractivity contribution in [2.45, 2.75) is 30.0 Å². The highest BCUT2D eigenvalue weighted by Crippen LogP contribution is 2.43. The maximum Gasteiger partial charge on any atom is 0.352 e. The van der Waals surface area contributed by atoms with Gasteiger partial charge in [-0.05, 0) is 23.6 Å². The number of nitro groups is 1. The molecule has 0 saturated carbocycles. The molecule has 15 nitrogen and oxygen atoms in total. The van der Waals surface area contributed by atoms with Gasteiger partial charge in [-0.2, -0.15) is 0 Å². The molecule has 4 aromatic carbocycles. The quantitative estimate of drug-likeness (QED) is 0.0339. The molecule has 1 aromatic heterocycles. The summed E-state index contributed by atoms with van der Waals surface area (Å²) >= 11 is 2.34. The first-order valence-corrected chi connectivity index (χ1v) is 20.6. The topological polar surface area (TPSA) is 211 Å². The van der Waals surface area contributed by atoms with Crippen LogP contribution in [0.5, 0.6) is 0 Å². The van der Waals surface area contributed by atoms with E-state index in [9.17, 15) is 34.4 Å². The number of oxime groups is 1. The average molecular weight is 842 g/mol. The van der Waals surface area contributed by atoms with E-state index in [0.717, 1.165) is 32.9 Å². The third kappa shape index (κ3) is 7.51. The number of carboxylic acids is 1. The summed E-state index contributed by atoms with van der Waals surface area (Å²) in [6.45, 7) is 0.586. The second-order valence-corrected chi connectivity index (χ2v) is 16.0. The molecule has 2 atom stereocenters. The molecule has 4 heterocycles. The Labute approximate surface area is 351 Å².